The molecular formula is C15H16ClN3O2S. The molecule has 0 fully saturated rings. The van der Waals surface area contributed by atoms with Gasteiger partial charge in [0.2, 0.25) is 10.0 Å². The number of nitrogens with two attached hydrogens (primary N) is 1. The van der Waals surface area contributed by atoms with Crippen LogP contribution in [0.5, 0.6) is 0 Å². The lowest BCUT2D eigenvalue weighted by molar-refractivity contribution is 0.594. The Morgan fingerprint density at radius 2 is 2.09 bits per heavy atom. The van der Waals surface area contributed by atoms with Crippen LogP contribution in [0, 0.1) is 0 Å². The molecule has 0 radical (unpaired) electrons. The Labute approximate surface area is 134 Å². The number of pyridine rings is 1. The maximum Gasteiger partial charge on any atom is 0.238 e. The van der Waals surface area contributed by atoms with Crippen LogP contribution in [0.15, 0.2) is 41.4 Å². The molecule has 2 aromatic rings. The molecule has 116 valence electrons. The fourth-order valence-electron chi connectivity index (χ4n) is 2.82. The molecule has 7 heteroatoms. The molecule has 0 atom stereocenters. The molecular weight excluding hydrogens is 322 g/mol. The molecule has 0 unspecified atom stereocenters. The summed E-state index contributed by atoms with van der Waals surface area (Å²) in [4.78, 5) is 6.61. The maximum atomic E-state index is 11.7. The van der Waals surface area contributed by atoms with Crippen LogP contribution in [-0.4, -0.2) is 19.9 Å². The molecule has 0 bridgehead atoms. The van der Waals surface area contributed by atoms with E-state index >= 15 is 0 Å². The van der Waals surface area contributed by atoms with E-state index in [-0.39, 0.29) is 4.90 Å². The first-order chi connectivity index (χ1) is 10.5. The summed E-state index contributed by atoms with van der Waals surface area (Å²) in [5.74, 6) is 0. The highest BCUT2D eigenvalue weighted by atomic mass is 35.5. The van der Waals surface area contributed by atoms with Crippen molar-refractivity contribution in [1.29, 1.82) is 0 Å². The molecule has 5 nitrogen and oxygen atoms in total. The van der Waals surface area contributed by atoms with Gasteiger partial charge in [0.25, 0.3) is 0 Å². The minimum Gasteiger partial charge on any atom is -0.365 e. The second-order valence-corrected chi connectivity index (χ2v) is 7.19. The van der Waals surface area contributed by atoms with Gasteiger partial charge in [-0.25, -0.2) is 13.6 Å². The number of fused-ring (bicyclic) bond motifs is 1. The van der Waals surface area contributed by atoms with Crippen LogP contribution in [-0.2, 0) is 23.0 Å². The van der Waals surface area contributed by atoms with Crippen molar-refractivity contribution in [1.82, 2.24) is 4.98 Å². The molecule has 3 rings (SSSR count). The lowest BCUT2D eigenvalue weighted by Crippen LogP contribution is -2.30. The van der Waals surface area contributed by atoms with E-state index in [4.69, 9.17) is 16.7 Å². The number of rotatable bonds is 3. The summed E-state index contributed by atoms with van der Waals surface area (Å²) in [6.07, 6.45) is 3.27. The molecule has 22 heavy (non-hydrogen) atoms. The van der Waals surface area contributed by atoms with Crippen molar-refractivity contribution >= 4 is 27.3 Å². The minimum absolute atomic E-state index is 0.210. The Morgan fingerprint density at radius 1 is 1.27 bits per heavy atom. The topological polar surface area (TPSA) is 76.3 Å². The fraction of sp³-hybridized carbons (Fsp3) is 0.267. The molecule has 2 heterocycles. The average molecular weight is 338 g/mol. The van der Waals surface area contributed by atoms with E-state index in [2.05, 4.69) is 9.88 Å². The Hall–Kier alpha value is -1.63. The number of sulfonamides is 1. The zero-order valence-corrected chi connectivity index (χ0v) is 13.4. The maximum absolute atomic E-state index is 11.7. The summed E-state index contributed by atoms with van der Waals surface area (Å²) >= 11 is 6.17. The van der Waals surface area contributed by atoms with Gasteiger partial charge in [0.05, 0.1) is 22.2 Å². The Balaban J connectivity index is 2.01. The summed E-state index contributed by atoms with van der Waals surface area (Å²) in [5.41, 5.74) is 2.45. The predicted octanol–water partition coefficient (Wildman–Crippen LogP) is 2.34. The van der Waals surface area contributed by atoms with Crippen molar-refractivity contribution in [3.8, 4) is 0 Å². The number of primary sulfonamides is 1. The quantitative estimate of drug-likeness (QED) is 0.932. The van der Waals surface area contributed by atoms with E-state index in [1.165, 1.54) is 0 Å². The first-order valence-corrected chi connectivity index (χ1v) is 8.88. The summed E-state index contributed by atoms with van der Waals surface area (Å²) in [6.45, 7) is 1.37. The van der Waals surface area contributed by atoms with E-state index in [0.29, 0.717) is 18.0 Å². The molecule has 0 spiro atoms. The Bertz CT molecular complexity index is 808. The standard InChI is InChI=1S/C15H16ClN3O2S/c16-12-5-2-8-18-13(12)10-19-9-3-4-11-14(19)6-1-7-15(11)22(17,20)21/h1-2,5-8H,3-4,9-10H2,(H2,17,20,21). The zero-order valence-electron chi connectivity index (χ0n) is 11.9. The van der Waals surface area contributed by atoms with Gasteiger partial charge in [0, 0.05) is 18.4 Å². The van der Waals surface area contributed by atoms with Crippen molar-refractivity contribution in [3.63, 3.8) is 0 Å². The number of halogens is 1. The number of hydrogen-bond acceptors (Lipinski definition) is 4. The molecule has 0 aliphatic carbocycles. The highest BCUT2D eigenvalue weighted by Crippen LogP contribution is 2.33. The average Bonchev–Trinajstić information content (AvgIpc) is 2.48. The van der Waals surface area contributed by atoms with Crippen LogP contribution in [0.2, 0.25) is 5.02 Å². The second kappa shape index (κ2) is 5.87. The third-order valence-corrected chi connectivity index (χ3v) is 5.13. The predicted molar refractivity (Wildman–Crippen MR) is 86.4 cm³/mol. The van der Waals surface area contributed by atoms with Gasteiger partial charge in [-0.3, -0.25) is 4.98 Å². The molecule has 1 aromatic carbocycles. The summed E-state index contributed by atoms with van der Waals surface area (Å²) < 4.78 is 23.5. The van der Waals surface area contributed by atoms with Crippen LogP contribution >= 0.6 is 11.6 Å². The second-order valence-electron chi connectivity index (χ2n) is 5.26. The third kappa shape index (κ3) is 2.95. The Kier molecular flexibility index (Phi) is 4.08. The van der Waals surface area contributed by atoms with Gasteiger partial charge >= 0.3 is 0 Å². The summed E-state index contributed by atoms with van der Waals surface area (Å²) in [5, 5.41) is 5.93. The van der Waals surface area contributed by atoms with Gasteiger partial charge < -0.3 is 4.90 Å². The van der Waals surface area contributed by atoms with Crippen molar-refractivity contribution in [2.24, 2.45) is 5.14 Å². The molecule has 1 aliphatic rings. The van der Waals surface area contributed by atoms with Crippen molar-refractivity contribution in [2.45, 2.75) is 24.3 Å². The number of hydrogen-bond donors (Lipinski definition) is 1. The van der Waals surface area contributed by atoms with E-state index in [0.717, 1.165) is 29.9 Å². The smallest absolute Gasteiger partial charge is 0.238 e. The largest absolute Gasteiger partial charge is 0.365 e. The zero-order chi connectivity index (χ0) is 15.7. The van der Waals surface area contributed by atoms with Gasteiger partial charge in [0.1, 0.15) is 0 Å². The molecule has 1 aliphatic heterocycles. The normalized spacial score (nSPS) is 14.7. The number of nitrogens with zero attached hydrogens (tertiary/aromatic N) is 2. The van der Waals surface area contributed by atoms with E-state index in [1.54, 1.807) is 30.5 Å². The lowest BCUT2D eigenvalue weighted by atomic mass is 10.0. The number of aromatic nitrogens is 1. The third-order valence-electron chi connectivity index (χ3n) is 3.79. The van der Waals surface area contributed by atoms with Gasteiger partial charge in [-0.2, -0.15) is 0 Å². The van der Waals surface area contributed by atoms with Gasteiger partial charge in [-0.05, 0) is 42.7 Å². The monoisotopic (exact) mass is 337 g/mol. The van der Waals surface area contributed by atoms with Gasteiger partial charge in [0.15, 0.2) is 0 Å². The van der Waals surface area contributed by atoms with Crippen molar-refractivity contribution in [3.05, 3.63) is 52.8 Å². The van der Waals surface area contributed by atoms with Crippen molar-refractivity contribution < 1.29 is 8.42 Å². The van der Waals surface area contributed by atoms with E-state index in [1.807, 2.05) is 6.07 Å². The first-order valence-electron chi connectivity index (χ1n) is 6.96. The SMILES string of the molecule is NS(=O)(=O)c1cccc2c1CCCN2Cc1ncccc1Cl. The molecule has 0 amide bonds. The van der Waals surface area contributed by atoms with Crippen molar-refractivity contribution in [2.75, 3.05) is 11.4 Å². The molecule has 0 saturated heterocycles. The van der Waals surface area contributed by atoms with Crippen LogP contribution in [0.3, 0.4) is 0 Å². The molecule has 0 saturated carbocycles. The molecule has 1 aromatic heterocycles. The van der Waals surface area contributed by atoms with Crippen LogP contribution < -0.4 is 10.0 Å². The van der Waals surface area contributed by atoms with Crippen LogP contribution in [0.25, 0.3) is 0 Å². The Morgan fingerprint density at radius 3 is 2.82 bits per heavy atom. The number of anilines is 1. The number of benzene rings is 1. The highest BCUT2D eigenvalue weighted by Gasteiger charge is 2.24. The van der Waals surface area contributed by atoms with E-state index < -0.39 is 10.0 Å². The lowest BCUT2D eigenvalue weighted by Gasteiger charge is -2.32. The first kappa shape index (κ1) is 15.3. The summed E-state index contributed by atoms with van der Waals surface area (Å²) in [6, 6.07) is 8.78. The molecule has 2 N–H and O–H groups in total. The van der Waals surface area contributed by atoms with E-state index in [9.17, 15) is 8.42 Å². The van der Waals surface area contributed by atoms with Crippen LogP contribution in [0.1, 0.15) is 17.7 Å². The fourth-order valence-corrected chi connectivity index (χ4v) is 3.81. The van der Waals surface area contributed by atoms with Gasteiger partial charge in [-0.1, -0.05) is 17.7 Å². The van der Waals surface area contributed by atoms with Gasteiger partial charge in [-0.15, -0.1) is 0 Å². The highest BCUT2D eigenvalue weighted by molar-refractivity contribution is 7.89. The summed E-state index contributed by atoms with van der Waals surface area (Å²) in [7, 11) is -3.72. The minimum atomic E-state index is -3.72. The van der Waals surface area contributed by atoms with Crippen LogP contribution in [0.4, 0.5) is 5.69 Å².